The van der Waals surface area contributed by atoms with Crippen LogP contribution >= 0.6 is 0 Å². The maximum absolute atomic E-state index is 12.4. The van der Waals surface area contributed by atoms with E-state index in [0.29, 0.717) is 18.0 Å². The van der Waals surface area contributed by atoms with E-state index in [-0.39, 0.29) is 30.6 Å². The number of anilines is 1. The number of morpholine rings is 1. The molecule has 2 atom stereocenters. The summed E-state index contributed by atoms with van der Waals surface area (Å²) in [5, 5.41) is 2.78. The third kappa shape index (κ3) is 6.03. The lowest BCUT2D eigenvalue weighted by atomic mass is 10.2. The topological polar surface area (TPSA) is 72.3 Å². The fraction of sp³-hybridized carbons (Fsp3) is 0.556. The largest absolute Gasteiger partial charge is 0.497 e. The van der Waals surface area contributed by atoms with Gasteiger partial charge in [0.05, 0.1) is 13.7 Å². The highest BCUT2D eigenvalue weighted by atomic mass is 16.5. The number of likely N-dealkylation sites (N-methyl/N-ethyl adjacent to an activating group) is 1. The van der Waals surface area contributed by atoms with Gasteiger partial charge in [-0.05, 0) is 26.0 Å². The van der Waals surface area contributed by atoms with Gasteiger partial charge in [-0.2, -0.15) is 0 Å². The van der Waals surface area contributed by atoms with Crippen LogP contribution in [0.25, 0.3) is 0 Å². The highest BCUT2D eigenvalue weighted by Crippen LogP contribution is 2.16. The number of carbonyl (C=O) groups excluding carboxylic acids is 2. The normalized spacial score (nSPS) is 23.0. The first-order valence-corrected chi connectivity index (χ1v) is 8.54. The van der Waals surface area contributed by atoms with Gasteiger partial charge < -0.3 is 24.6 Å². The molecule has 25 heavy (non-hydrogen) atoms. The van der Waals surface area contributed by atoms with E-state index in [2.05, 4.69) is 5.32 Å². The zero-order chi connectivity index (χ0) is 18.4. The van der Waals surface area contributed by atoms with E-state index in [4.69, 9.17) is 9.47 Å². The number of hydrogen-bond acceptors (Lipinski definition) is 4. The number of carbonyl (C=O) groups is 2. The summed E-state index contributed by atoms with van der Waals surface area (Å²) in [6, 6.07) is 7.12. The first kappa shape index (κ1) is 19.2. The van der Waals surface area contributed by atoms with Crippen molar-refractivity contribution in [2.75, 3.05) is 45.7 Å². The van der Waals surface area contributed by atoms with Crippen molar-refractivity contribution in [2.24, 2.45) is 0 Å². The van der Waals surface area contributed by atoms with Crippen molar-refractivity contribution < 1.29 is 24.0 Å². The molecule has 1 saturated heterocycles. The van der Waals surface area contributed by atoms with Crippen LogP contribution in [0.15, 0.2) is 24.3 Å². The van der Waals surface area contributed by atoms with Gasteiger partial charge in [0.1, 0.15) is 31.0 Å². The molecule has 1 aliphatic rings. The Balaban J connectivity index is 1.82. The van der Waals surface area contributed by atoms with Crippen molar-refractivity contribution in [1.29, 1.82) is 0 Å². The van der Waals surface area contributed by atoms with E-state index in [9.17, 15) is 9.59 Å². The fourth-order valence-corrected chi connectivity index (χ4v) is 3.09. The number of nitrogens with zero attached hydrogens (tertiary/aromatic N) is 1. The second-order valence-corrected chi connectivity index (χ2v) is 6.62. The van der Waals surface area contributed by atoms with Crippen molar-refractivity contribution in [2.45, 2.75) is 26.1 Å². The number of quaternary nitrogens is 1. The third-order valence-corrected chi connectivity index (χ3v) is 4.18. The number of hydrogen-bond donors (Lipinski definition) is 2. The molecule has 0 aromatic heterocycles. The minimum absolute atomic E-state index is 0.0188. The molecule has 0 unspecified atom stereocenters. The number of rotatable bonds is 6. The highest BCUT2D eigenvalue weighted by Gasteiger charge is 2.28. The maximum Gasteiger partial charge on any atom is 0.277 e. The highest BCUT2D eigenvalue weighted by molar-refractivity contribution is 5.94. The van der Waals surface area contributed by atoms with Crippen LogP contribution in [-0.2, 0) is 14.3 Å². The van der Waals surface area contributed by atoms with Crippen molar-refractivity contribution in [3.8, 4) is 5.75 Å². The number of benzene rings is 1. The predicted octanol–water partition coefficient (Wildman–Crippen LogP) is -0.216. The molecule has 2 amide bonds. The first-order valence-electron chi connectivity index (χ1n) is 8.54. The van der Waals surface area contributed by atoms with Gasteiger partial charge >= 0.3 is 0 Å². The first-order chi connectivity index (χ1) is 11.9. The van der Waals surface area contributed by atoms with Crippen LogP contribution in [0.2, 0.25) is 0 Å². The Bertz CT molecular complexity index is 598. The molecule has 1 fully saturated rings. The number of methoxy groups -OCH3 is 1. The van der Waals surface area contributed by atoms with Crippen LogP contribution in [0.3, 0.4) is 0 Å². The van der Waals surface area contributed by atoms with Crippen LogP contribution in [-0.4, -0.2) is 69.3 Å². The number of amides is 2. The van der Waals surface area contributed by atoms with Crippen molar-refractivity contribution in [3.63, 3.8) is 0 Å². The third-order valence-electron chi connectivity index (χ3n) is 4.18. The smallest absolute Gasteiger partial charge is 0.277 e. The monoisotopic (exact) mass is 350 g/mol. The Hall–Kier alpha value is -2.12. The molecule has 0 saturated carbocycles. The fourth-order valence-electron chi connectivity index (χ4n) is 3.09. The summed E-state index contributed by atoms with van der Waals surface area (Å²) < 4.78 is 10.8. The van der Waals surface area contributed by atoms with Gasteiger partial charge in [-0.3, -0.25) is 9.59 Å². The molecule has 0 aliphatic carbocycles. The van der Waals surface area contributed by atoms with E-state index in [1.54, 1.807) is 38.4 Å². The van der Waals surface area contributed by atoms with Crippen LogP contribution in [0.1, 0.15) is 13.8 Å². The Morgan fingerprint density at radius 3 is 2.64 bits per heavy atom. The summed E-state index contributed by atoms with van der Waals surface area (Å²) in [5.41, 5.74) is 0.645. The van der Waals surface area contributed by atoms with E-state index < -0.39 is 0 Å². The van der Waals surface area contributed by atoms with Crippen LogP contribution in [0, 0.1) is 0 Å². The van der Waals surface area contributed by atoms with E-state index in [1.165, 1.54) is 9.80 Å². The molecule has 2 N–H and O–H groups in total. The standard InChI is InChI=1S/C18H27N3O4/c1-13-9-21(10-14(2)25-13)12-18(23)20(3)11-17(22)19-15-6-5-7-16(8-15)24-4/h5-8,13-14H,9-12H2,1-4H3,(H,19,22)/p+1/t13-,14-/m1/s1. The lowest BCUT2D eigenvalue weighted by molar-refractivity contribution is -0.907. The Kier molecular flexibility index (Phi) is 6.78. The van der Waals surface area contributed by atoms with Gasteiger partial charge in [-0.15, -0.1) is 0 Å². The maximum atomic E-state index is 12.4. The second kappa shape index (κ2) is 8.82. The van der Waals surface area contributed by atoms with Gasteiger partial charge in [0.25, 0.3) is 5.91 Å². The van der Waals surface area contributed by atoms with Gasteiger partial charge in [0.2, 0.25) is 5.91 Å². The van der Waals surface area contributed by atoms with Gasteiger partial charge in [0.15, 0.2) is 6.54 Å². The Morgan fingerprint density at radius 2 is 2.00 bits per heavy atom. The van der Waals surface area contributed by atoms with Gasteiger partial charge in [-0.1, -0.05) is 6.07 Å². The molecule has 0 radical (unpaired) electrons. The molecule has 138 valence electrons. The lowest BCUT2D eigenvalue weighted by Gasteiger charge is -2.32. The van der Waals surface area contributed by atoms with Crippen LogP contribution in [0.4, 0.5) is 5.69 Å². The Labute approximate surface area is 148 Å². The Morgan fingerprint density at radius 1 is 1.32 bits per heavy atom. The van der Waals surface area contributed by atoms with Crippen molar-refractivity contribution in [1.82, 2.24) is 4.90 Å². The van der Waals surface area contributed by atoms with Crippen LogP contribution < -0.4 is 15.0 Å². The quantitative estimate of drug-likeness (QED) is 0.744. The summed E-state index contributed by atoms with van der Waals surface area (Å²) in [5.74, 6) is 0.390. The zero-order valence-electron chi connectivity index (χ0n) is 15.4. The summed E-state index contributed by atoms with van der Waals surface area (Å²) in [6.45, 7) is 6.04. The van der Waals surface area contributed by atoms with E-state index >= 15 is 0 Å². The molecule has 0 spiro atoms. The molecule has 7 nitrogen and oxygen atoms in total. The van der Waals surface area contributed by atoms with Crippen molar-refractivity contribution in [3.05, 3.63) is 24.3 Å². The summed E-state index contributed by atoms with van der Waals surface area (Å²) in [6.07, 6.45) is 0.293. The molecule has 1 aliphatic heterocycles. The predicted molar refractivity (Wildman–Crippen MR) is 94.8 cm³/mol. The van der Waals surface area contributed by atoms with E-state index in [1.807, 2.05) is 13.8 Å². The average molecular weight is 350 g/mol. The van der Waals surface area contributed by atoms with Crippen molar-refractivity contribution >= 4 is 17.5 Å². The second-order valence-electron chi connectivity index (χ2n) is 6.62. The molecule has 1 aromatic rings. The lowest BCUT2D eigenvalue weighted by Crippen LogP contribution is -3.16. The van der Waals surface area contributed by atoms with Gasteiger partial charge in [0, 0.05) is 18.8 Å². The minimum atomic E-state index is -0.234. The van der Waals surface area contributed by atoms with E-state index in [0.717, 1.165) is 13.1 Å². The molecular weight excluding hydrogens is 322 g/mol. The summed E-state index contributed by atoms with van der Waals surface area (Å²) in [7, 11) is 3.23. The summed E-state index contributed by atoms with van der Waals surface area (Å²) >= 11 is 0. The number of nitrogens with one attached hydrogen (secondary N) is 2. The summed E-state index contributed by atoms with van der Waals surface area (Å²) in [4.78, 5) is 27.2. The number of ether oxygens (including phenoxy) is 2. The molecule has 1 aromatic carbocycles. The zero-order valence-corrected chi connectivity index (χ0v) is 15.4. The van der Waals surface area contributed by atoms with Gasteiger partial charge in [-0.25, -0.2) is 0 Å². The molecule has 2 rings (SSSR count). The minimum Gasteiger partial charge on any atom is -0.497 e. The molecule has 0 bridgehead atoms. The molecule has 7 heteroatoms. The SMILES string of the molecule is COc1cccc(NC(=O)CN(C)C(=O)C[NH+]2C[C@@H](C)O[C@H](C)C2)c1. The molecule has 1 heterocycles. The van der Waals surface area contributed by atoms with Crippen LogP contribution in [0.5, 0.6) is 5.75 Å². The average Bonchev–Trinajstić information content (AvgIpc) is 2.53. The molecular formula is C18H28N3O4+.